The Labute approximate surface area is 110 Å². The van der Waals surface area contributed by atoms with E-state index < -0.39 is 50.0 Å². The van der Waals surface area contributed by atoms with Crippen molar-refractivity contribution in [1.82, 2.24) is 19.9 Å². The molecule has 0 radical (unpaired) electrons. The molecule has 1 heterocycles. The molecule has 0 aromatic carbocycles. The molecule has 112 valence electrons. The van der Waals surface area contributed by atoms with Gasteiger partial charge in [-0.1, -0.05) is 5.21 Å². The lowest BCUT2D eigenvalue weighted by Crippen LogP contribution is -2.40. The minimum absolute atomic E-state index is 0.356. The first kappa shape index (κ1) is 15.9. The van der Waals surface area contributed by atoms with Crippen LogP contribution in [0.15, 0.2) is 6.20 Å². The smallest absolute Gasteiger partial charge is 0.406 e. The molecular weight excluding hydrogens is 285 g/mol. The van der Waals surface area contributed by atoms with Crippen LogP contribution in [-0.4, -0.2) is 67.9 Å². The molecule has 0 spiro atoms. The zero-order chi connectivity index (χ0) is 15.3. The molecule has 0 aliphatic heterocycles. The molecule has 8 nitrogen and oxygen atoms in total. The van der Waals surface area contributed by atoms with Gasteiger partial charge in [-0.2, -0.15) is 13.2 Å². The summed E-state index contributed by atoms with van der Waals surface area (Å²) < 4.78 is 37.7. The molecule has 1 rings (SSSR count). The Morgan fingerprint density at radius 3 is 2.55 bits per heavy atom. The third-order valence-electron chi connectivity index (χ3n) is 2.08. The monoisotopic (exact) mass is 296 g/mol. The van der Waals surface area contributed by atoms with Crippen LogP contribution in [0.1, 0.15) is 10.5 Å². The number of nitrogens with zero attached hydrogens (tertiary/aromatic N) is 4. The quantitative estimate of drug-likeness (QED) is 0.723. The summed E-state index contributed by atoms with van der Waals surface area (Å²) in [5.74, 6) is -2.33. The van der Waals surface area contributed by atoms with E-state index in [9.17, 15) is 22.8 Å². The normalized spacial score (nSPS) is 11.4. The van der Waals surface area contributed by atoms with Crippen LogP contribution in [0.5, 0.6) is 0 Å². The summed E-state index contributed by atoms with van der Waals surface area (Å²) in [5, 5.41) is 23.8. The van der Waals surface area contributed by atoms with Crippen LogP contribution in [-0.2, 0) is 11.3 Å². The number of aliphatic carboxylic acids is 1. The number of carboxylic acids is 1. The summed E-state index contributed by atoms with van der Waals surface area (Å²) in [4.78, 5) is 22.5. The van der Waals surface area contributed by atoms with Crippen LogP contribution < -0.4 is 0 Å². The van der Waals surface area contributed by atoms with Crippen molar-refractivity contribution < 1.29 is 33.0 Å². The highest BCUT2D eigenvalue weighted by atomic mass is 19.4. The Balaban J connectivity index is 2.83. The molecule has 2 N–H and O–H groups in total. The third-order valence-corrected chi connectivity index (χ3v) is 2.08. The van der Waals surface area contributed by atoms with Crippen molar-refractivity contribution in [3.05, 3.63) is 11.9 Å². The molecule has 0 bridgehead atoms. The van der Waals surface area contributed by atoms with Crippen LogP contribution in [0, 0.1) is 0 Å². The average molecular weight is 296 g/mol. The van der Waals surface area contributed by atoms with Crippen molar-refractivity contribution in [1.29, 1.82) is 0 Å². The maximum absolute atomic E-state index is 12.3. The second-order valence-electron chi connectivity index (χ2n) is 3.76. The van der Waals surface area contributed by atoms with Crippen molar-refractivity contribution in [2.45, 2.75) is 12.7 Å². The number of carbonyl (C=O) groups excluding carboxylic acids is 1. The van der Waals surface area contributed by atoms with E-state index in [1.54, 1.807) is 0 Å². The Morgan fingerprint density at radius 1 is 1.40 bits per heavy atom. The maximum atomic E-state index is 12.3. The lowest BCUT2D eigenvalue weighted by molar-refractivity contribution is -0.141. The van der Waals surface area contributed by atoms with Crippen LogP contribution >= 0.6 is 0 Å². The minimum Gasteiger partial charge on any atom is -0.480 e. The van der Waals surface area contributed by atoms with Crippen molar-refractivity contribution in [2.75, 3.05) is 19.7 Å². The van der Waals surface area contributed by atoms with Gasteiger partial charge in [-0.05, 0) is 0 Å². The van der Waals surface area contributed by atoms with Gasteiger partial charge in [-0.15, -0.1) is 5.10 Å². The van der Waals surface area contributed by atoms with Crippen LogP contribution in [0.3, 0.4) is 0 Å². The van der Waals surface area contributed by atoms with Crippen molar-refractivity contribution in [3.63, 3.8) is 0 Å². The Hall–Kier alpha value is -2.17. The molecule has 1 aromatic heterocycles. The molecule has 0 saturated carbocycles. The summed E-state index contributed by atoms with van der Waals surface area (Å²) >= 11 is 0. The lowest BCUT2D eigenvalue weighted by Gasteiger charge is -2.21. The highest BCUT2D eigenvalue weighted by molar-refractivity contribution is 5.92. The van der Waals surface area contributed by atoms with Crippen molar-refractivity contribution >= 4 is 11.9 Å². The molecule has 1 amide bonds. The van der Waals surface area contributed by atoms with Crippen molar-refractivity contribution in [3.8, 4) is 0 Å². The van der Waals surface area contributed by atoms with Gasteiger partial charge in [0.1, 0.15) is 13.1 Å². The summed E-state index contributed by atoms with van der Waals surface area (Å²) in [7, 11) is 0. The molecule has 20 heavy (non-hydrogen) atoms. The molecule has 0 fully saturated rings. The molecule has 11 heteroatoms. The van der Waals surface area contributed by atoms with Crippen LogP contribution in [0.25, 0.3) is 0 Å². The van der Waals surface area contributed by atoms with E-state index in [4.69, 9.17) is 10.2 Å². The number of halogens is 3. The van der Waals surface area contributed by atoms with Gasteiger partial charge in [0.15, 0.2) is 5.69 Å². The van der Waals surface area contributed by atoms with E-state index in [1.807, 2.05) is 0 Å². The molecule has 0 unspecified atom stereocenters. The number of aliphatic hydroxyl groups is 1. The molecule has 1 aromatic rings. The fraction of sp³-hybridized carbons (Fsp3) is 0.556. The van der Waals surface area contributed by atoms with Gasteiger partial charge >= 0.3 is 12.1 Å². The number of carbonyl (C=O) groups is 2. The van der Waals surface area contributed by atoms with E-state index >= 15 is 0 Å². The van der Waals surface area contributed by atoms with E-state index in [0.717, 1.165) is 10.9 Å². The minimum atomic E-state index is -4.62. The standard InChI is InChI=1S/C9H11F3N4O4/c10-9(11,12)5-15(1-2-17)8(20)6-3-16(14-13-6)4-7(18)19/h3,17H,1-2,4-5H2,(H,18,19). The first-order valence-electron chi connectivity index (χ1n) is 5.31. The van der Waals surface area contributed by atoms with Gasteiger partial charge in [0, 0.05) is 6.54 Å². The molecular formula is C9H11F3N4O4. The van der Waals surface area contributed by atoms with Gasteiger partial charge < -0.3 is 15.1 Å². The predicted molar refractivity (Wildman–Crippen MR) is 56.7 cm³/mol. The predicted octanol–water partition coefficient (Wildman–Crippen LogP) is -0.641. The molecule has 0 atom stereocenters. The largest absolute Gasteiger partial charge is 0.480 e. The van der Waals surface area contributed by atoms with E-state index in [-0.39, 0.29) is 0 Å². The van der Waals surface area contributed by atoms with Gasteiger partial charge in [0.05, 0.1) is 12.8 Å². The van der Waals surface area contributed by atoms with Gasteiger partial charge in [-0.25, -0.2) is 4.68 Å². The Kier molecular flexibility index (Phi) is 5.02. The summed E-state index contributed by atoms with van der Waals surface area (Å²) in [6.45, 7) is -3.28. The number of rotatable bonds is 6. The molecule has 0 saturated heterocycles. The zero-order valence-corrected chi connectivity index (χ0v) is 10.0. The van der Waals surface area contributed by atoms with Gasteiger partial charge in [0.2, 0.25) is 0 Å². The highest BCUT2D eigenvalue weighted by Gasteiger charge is 2.33. The van der Waals surface area contributed by atoms with Gasteiger partial charge in [0.25, 0.3) is 5.91 Å². The SMILES string of the molecule is O=C(O)Cn1cc(C(=O)N(CCO)CC(F)(F)F)nn1. The summed E-state index contributed by atoms with van der Waals surface area (Å²) in [6, 6.07) is 0. The average Bonchev–Trinajstić information content (AvgIpc) is 2.73. The maximum Gasteiger partial charge on any atom is 0.406 e. The second-order valence-corrected chi connectivity index (χ2v) is 3.76. The Morgan fingerprint density at radius 2 is 2.05 bits per heavy atom. The van der Waals surface area contributed by atoms with E-state index in [0.29, 0.717) is 4.90 Å². The number of amides is 1. The number of aliphatic hydroxyl groups excluding tert-OH is 1. The molecule has 0 aliphatic rings. The van der Waals surface area contributed by atoms with Crippen molar-refractivity contribution in [2.24, 2.45) is 0 Å². The first-order valence-corrected chi connectivity index (χ1v) is 5.31. The lowest BCUT2D eigenvalue weighted by atomic mass is 10.3. The zero-order valence-electron chi connectivity index (χ0n) is 10.0. The van der Waals surface area contributed by atoms with Crippen LogP contribution in [0.4, 0.5) is 13.2 Å². The number of carboxylic acid groups (broad SMARTS) is 1. The number of alkyl halides is 3. The fourth-order valence-electron chi connectivity index (χ4n) is 1.36. The number of hydrogen-bond acceptors (Lipinski definition) is 5. The van der Waals surface area contributed by atoms with Crippen LogP contribution in [0.2, 0.25) is 0 Å². The molecule has 0 aliphatic carbocycles. The van der Waals surface area contributed by atoms with E-state index in [1.165, 1.54) is 0 Å². The topological polar surface area (TPSA) is 109 Å². The Bertz CT molecular complexity index is 488. The van der Waals surface area contributed by atoms with E-state index in [2.05, 4.69) is 10.3 Å². The first-order chi connectivity index (χ1) is 9.23. The summed E-state index contributed by atoms with van der Waals surface area (Å²) in [6.07, 6.45) is -3.70. The second kappa shape index (κ2) is 6.32. The number of hydrogen-bond donors (Lipinski definition) is 2. The third kappa shape index (κ3) is 4.84. The van der Waals surface area contributed by atoms with Gasteiger partial charge in [-0.3, -0.25) is 9.59 Å². The number of aromatic nitrogens is 3. The fourth-order valence-corrected chi connectivity index (χ4v) is 1.36. The summed E-state index contributed by atoms with van der Waals surface area (Å²) in [5.41, 5.74) is -0.427. The highest BCUT2D eigenvalue weighted by Crippen LogP contribution is 2.17.